The summed E-state index contributed by atoms with van der Waals surface area (Å²) in [4.78, 5) is 22.8. The molecule has 0 spiro atoms. The summed E-state index contributed by atoms with van der Waals surface area (Å²) >= 11 is 0. The Balaban J connectivity index is 2.24. The highest BCUT2D eigenvalue weighted by atomic mass is 16.5. The van der Waals surface area contributed by atoms with Crippen molar-refractivity contribution in [2.24, 2.45) is 5.92 Å². The molecule has 0 aliphatic heterocycles. The van der Waals surface area contributed by atoms with Crippen molar-refractivity contribution in [3.05, 3.63) is 0 Å². The first-order chi connectivity index (χ1) is 9.06. The number of carbonyl (C=O) groups excluding carboxylic acids is 1. The molecule has 1 rings (SSSR count). The minimum Gasteiger partial charge on any atom is -0.480 e. The standard InChI is InChI=1S/C14H25NO4/c1-3-5-6-12(14(17)18)15-13(16)9-10-7-11(8-10)19-4-2/h10-12H,3-9H2,1-2H3,(H,15,16)(H,17,18). The summed E-state index contributed by atoms with van der Waals surface area (Å²) in [5.41, 5.74) is 0. The van der Waals surface area contributed by atoms with Gasteiger partial charge in [-0.25, -0.2) is 4.79 Å². The van der Waals surface area contributed by atoms with E-state index in [1.54, 1.807) is 0 Å². The van der Waals surface area contributed by atoms with Gasteiger partial charge in [-0.3, -0.25) is 4.79 Å². The lowest BCUT2D eigenvalue weighted by atomic mass is 9.80. The first kappa shape index (κ1) is 16.0. The molecule has 0 saturated heterocycles. The maximum Gasteiger partial charge on any atom is 0.326 e. The van der Waals surface area contributed by atoms with Gasteiger partial charge < -0.3 is 15.2 Å². The van der Waals surface area contributed by atoms with E-state index in [9.17, 15) is 9.59 Å². The molecule has 19 heavy (non-hydrogen) atoms. The lowest BCUT2D eigenvalue weighted by Gasteiger charge is -2.34. The molecule has 1 aliphatic rings. The fraction of sp³-hybridized carbons (Fsp3) is 0.857. The van der Waals surface area contributed by atoms with Crippen LogP contribution in [0.3, 0.4) is 0 Å². The van der Waals surface area contributed by atoms with Gasteiger partial charge in [-0.15, -0.1) is 0 Å². The third-order valence-corrected chi connectivity index (χ3v) is 3.55. The van der Waals surface area contributed by atoms with Crippen LogP contribution in [-0.4, -0.2) is 35.7 Å². The first-order valence-corrected chi connectivity index (χ1v) is 7.20. The maximum absolute atomic E-state index is 11.8. The van der Waals surface area contributed by atoms with Gasteiger partial charge in [0.05, 0.1) is 6.10 Å². The number of carboxylic acid groups (broad SMARTS) is 1. The number of amides is 1. The average molecular weight is 271 g/mol. The number of rotatable bonds is 9. The minimum atomic E-state index is -0.942. The van der Waals surface area contributed by atoms with Gasteiger partial charge in [0.25, 0.3) is 0 Å². The summed E-state index contributed by atoms with van der Waals surface area (Å²) in [5, 5.41) is 11.6. The third kappa shape index (κ3) is 5.59. The Labute approximate surface area is 114 Å². The SMILES string of the molecule is CCCCC(NC(=O)CC1CC(OCC)C1)C(=O)O. The van der Waals surface area contributed by atoms with Crippen molar-refractivity contribution in [1.29, 1.82) is 0 Å². The highest BCUT2D eigenvalue weighted by Gasteiger charge is 2.31. The second kappa shape index (κ2) is 8.15. The molecule has 0 aromatic carbocycles. The van der Waals surface area contributed by atoms with Gasteiger partial charge in [-0.2, -0.15) is 0 Å². The van der Waals surface area contributed by atoms with E-state index in [0.29, 0.717) is 25.4 Å². The monoisotopic (exact) mass is 271 g/mol. The van der Waals surface area contributed by atoms with E-state index in [1.807, 2.05) is 13.8 Å². The summed E-state index contributed by atoms with van der Waals surface area (Å²) in [6, 6.07) is -0.741. The van der Waals surface area contributed by atoms with Gasteiger partial charge in [-0.1, -0.05) is 19.8 Å². The van der Waals surface area contributed by atoms with E-state index >= 15 is 0 Å². The van der Waals surface area contributed by atoms with Crippen LogP contribution >= 0.6 is 0 Å². The molecule has 5 nitrogen and oxygen atoms in total. The normalized spacial score (nSPS) is 23.5. The highest BCUT2D eigenvalue weighted by molar-refractivity contribution is 5.83. The molecule has 0 aromatic rings. The number of nitrogens with one attached hydrogen (secondary N) is 1. The van der Waals surface area contributed by atoms with Crippen LogP contribution in [0.2, 0.25) is 0 Å². The van der Waals surface area contributed by atoms with Gasteiger partial charge in [0.2, 0.25) is 5.91 Å². The van der Waals surface area contributed by atoms with Crippen LogP contribution in [0.25, 0.3) is 0 Å². The van der Waals surface area contributed by atoms with Crippen LogP contribution < -0.4 is 5.32 Å². The summed E-state index contributed by atoms with van der Waals surface area (Å²) in [6.07, 6.45) is 4.77. The second-order valence-electron chi connectivity index (χ2n) is 5.22. The van der Waals surface area contributed by atoms with Gasteiger partial charge in [-0.05, 0) is 32.1 Å². The van der Waals surface area contributed by atoms with Crippen LogP contribution in [0.1, 0.15) is 52.4 Å². The average Bonchev–Trinajstić information content (AvgIpc) is 2.31. The molecule has 1 atom stereocenters. The van der Waals surface area contributed by atoms with Gasteiger partial charge >= 0.3 is 5.97 Å². The Morgan fingerprint density at radius 1 is 1.37 bits per heavy atom. The van der Waals surface area contributed by atoms with Crippen LogP contribution in [0.15, 0.2) is 0 Å². The Morgan fingerprint density at radius 2 is 2.05 bits per heavy atom. The zero-order chi connectivity index (χ0) is 14.3. The third-order valence-electron chi connectivity index (χ3n) is 3.55. The molecule has 1 aliphatic carbocycles. The molecule has 0 bridgehead atoms. The number of hydrogen-bond donors (Lipinski definition) is 2. The van der Waals surface area contributed by atoms with E-state index in [-0.39, 0.29) is 12.0 Å². The largest absolute Gasteiger partial charge is 0.480 e. The first-order valence-electron chi connectivity index (χ1n) is 7.20. The quantitative estimate of drug-likeness (QED) is 0.672. The number of aliphatic carboxylic acids is 1. The number of ether oxygens (including phenoxy) is 1. The Hall–Kier alpha value is -1.10. The summed E-state index contributed by atoms with van der Waals surface area (Å²) in [5.74, 6) is -0.747. The van der Waals surface area contributed by atoms with Crippen molar-refractivity contribution >= 4 is 11.9 Å². The maximum atomic E-state index is 11.8. The van der Waals surface area contributed by atoms with E-state index in [1.165, 1.54) is 0 Å². The highest BCUT2D eigenvalue weighted by Crippen LogP contribution is 2.32. The van der Waals surface area contributed by atoms with Crippen LogP contribution in [0.4, 0.5) is 0 Å². The molecule has 1 unspecified atom stereocenters. The molecular weight excluding hydrogens is 246 g/mol. The Kier molecular flexibility index (Phi) is 6.84. The van der Waals surface area contributed by atoms with E-state index in [2.05, 4.69) is 5.32 Å². The predicted molar refractivity (Wildman–Crippen MR) is 71.8 cm³/mol. The molecule has 5 heteroatoms. The summed E-state index contributed by atoms with van der Waals surface area (Å²) < 4.78 is 5.44. The van der Waals surface area contributed by atoms with Gasteiger partial charge in [0.15, 0.2) is 0 Å². The molecule has 1 saturated carbocycles. The summed E-state index contributed by atoms with van der Waals surface area (Å²) in [6.45, 7) is 4.68. The number of hydrogen-bond acceptors (Lipinski definition) is 3. The van der Waals surface area contributed by atoms with E-state index in [4.69, 9.17) is 9.84 Å². The molecule has 2 N–H and O–H groups in total. The van der Waals surface area contributed by atoms with Crippen molar-refractivity contribution in [3.63, 3.8) is 0 Å². The Bertz CT molecular complexity index is 300. The fourth-order valence-electron chi connectivity index (χ4n) is 2.39. The molecule has 110 valence electrons. The van der Waals surface area contributed by atoms with Gasteiger partial charge in [0.1, 0.15) is 6.04 Å². The van der Waals surface area contributed by atoms with Crippen molar-refractivity contribution in [2.75, 3.05) is 6.61 Å². The number of carboxylic acids is 1. The lowest BCUT2D eigenvalue weighted by Crippen LogP contribution is -2.43. The topological polar surface area (TPSA) is 75.6 Å². The zero-order valence-electron chi connectivity index (χ0n) is 11.9. The fourth-order valence-corrected chi connectivity index (χ4v) is 2.39. The molecular formula is C14H25NO4. The smallest absolute Gasteiger partial charge is 0.326 e. The van der Waals surface area contributed by atoms with Crippen molar-refractivity contribution < 1.29 is 19.4 Å². The molecule has 0 radical (unpaired) electrons. The van der Waals surface area contributed by atoms with Crippen LogP contribution in [-0.2, 0) is 14.3 Å². The molecule has 0 aromatic heterocycles. The van der Waals surface area contributed by atoms with Crippen molar-refractivity contribution in [1.82, 2.24) is 5.32 Å². The minimum absolute atomic E-state index is 0.150. The molecule has 0 heterocycles. The number of unbranched alkanes of at least 4 members (excludes halogenated alkanes) is 1. The van der Waals surface area contributed by atoms with E-state index in [0.717, 1.165) is 25.7 Å². The van der Waals surface area contributed by atoms with Crippen molar-refractivity contribution in [2.45, 2.75) is 64.5 Å². The summed E-state index contributed by atoms with van der Waals surface area (Å²) in [7, 11) is 0. The van der Waals surface area contributed by atoms with E-state index < -0.39 is 12.0 Å². The van der Waals surface area contributed by atoms with Gasteiger partial charge in [0, 0.05) is 13.0 Å². The second-order valence-corrected chi connectivity index (χ2v) is 5.22. The van der Waals surface area contributed by atoms with Crippen LogP contribution in [0.5, 0.6) is 0 Å². The Morgan fingerprint density at radius 3 is 2.58 bits per heavy atom. The molecule has 1 fully saturated rings. The van der Waals surface area contributed by atoms with Crippen molar-refractivity contribution in [3.8, 4) is 0 Å². The number of carbonyl (C=O) groups is 2. The van der Waals surface area contributed by atoms with Crippen LogP contribution in [0, 0.1) is 5.92 Å². The lowest BCUT2D eigenvalue weighted by molar-refractivity contribution is -0.142. The predicted octanol–water partition coefficient (Wildman–Crippen LogP) is 1.95. The molecule has 1 amide bonds. The zero-order valence-corrected chi connectivity index (χ0v) is 11.9.